The van der Waals surface area contributed by atoms with Gasteiger partial charge in [-0.2, -0.15) is 0 Å². The predicted octanol–water partition coefficient (Wildman–Crippen LogP) is 4.92. The molecule has 0 saturated heterocycles. The van der Waals surface area contributed by atoms with Crippen LogP contribution in [0.5, 0.6) is 0 Å². The molecule has 122 valence electrons. The first-order valence-electron chi connectivity index (χ1n) is 8.06. The fourth-order valence-electron chi connectivity index (χ4n) is 2.80. The fourth-order valence-corrected chi connectivity index (χ4v) is 3.89. The fraction of sp³-hybridized carbons (Fsp3) is 0.0476. The van der Waals surface area contributed by atoms with Crippen LogP contribution in [0.25, 0.3) is 0 Å². The Kier molecular flexibility index (Phi) is 4.36. The number of anilines is 1. The highest BCUT2D eigenvalue weighted by Crippen LogP contribution is 2.46. The van der Waals surface area contributed by atoms with E-state index in [2.05, 4.69) is 34.1 Å². The number of hydrogen-bond acceptors (Lipinski definition) is 4. The summed E-state index contributed by atoms with van der Waals surface area (Å²) < 4.78 is 0. The molecular formula is C21H16N2OS. The van der Waals surface area contributed by atoms with Crippen molar-refractivity contribution in [3.8, 4) is 0 Å². The van der Waals surface area contributed by atoms with E-state index in [9.17, 15) is 4.79 Å². The maximum atomic E-state index is 12.6. The van der Waals surface area contributed by atoms with Crippen molar-refractivity contribution in [2.45, 2.75) is 11.4 Å². The molecule has 2 heterocycles. The SMILES string of the molecule is O=C(/C=C1/Sc2ccccc2N1Cc1ccccc1)c1ccncc1. The Hall–Kier alpha value is -2.85. The second-order valence-corrected chi connectivity index (χ2v) is 6.79. The quantitative estimate of drug-likeness (QED) is 0.497. The number of aromatic nitrogens is 1. The molecule has 0 fully saturated rings. The number of nitrogens with zero attached hydrogens (tertiary/aromatic N) is 2. The Morgan fingerprint density at radius 1 is 0.960 bits per heavy atom. The second-order valence-electron chi connectivity index (χ2n) is 5.72. The van der Waals surface area contributed by atoms with Gasteiger partial charge in [0.15, 0.2) is 5.78 Å². The molecule has 3 nitrogen and oxygen atoms in total. The average molecular weight is 344 g/mol. The highest BCUT2D eigenvalue weighted by Gasteiger charge is 2.25. The molecule has 25 heavy (non-hydrogen) atoms. The van der Waals surface area contributed by atoms with E-state index in [1.807, 2.05) is 30.3 Å². The number of pyridine rings is 1. The van der Waals surface area contributed by atoms with Gasteiger partial charge in [-0.1, -0.05) is 54.2 Å². The summed E-state index contributed by atoms with van der Waals surface area (Å²) in [5, 5.41) is 0.951. The first kappa shape index (κ1) is 15.7. The zero-order chi connectivity index (χ0) is 17.1. The van der Waals surface area contributed by atoms with E-state index >= 15 is 0 Å². The van der Waals surface area contributed by atoms with Crippen LogP contribution in [0.2, 0.25) is 0 Å². The van der Waals surface area contributed by atoms with Gasteiger partial charge in [0, 0.05) is 35.5 Å². The summed E-state index contributed by atoms with van der Waals surface area (Å²) in [6, 6.07) is 22.0. The van der Waals surface area contributed by atoms with E-state index in [1.165, 1.54) is 10.5 Å². The Morgan fingerprint density at radius 3 is 2.48 bits per heavy atom. The number of benzene rings is 2. The van der Waals surface area contributed by atoms with Crippen LogP contribution in [0, 0.1) is 0 Å². The van der Waals surface area contributed by atoms with Crippen molar-refractivity contribution < 1.29 is 4.79 Å². The van der Waals surface area contributed by atoms with E-state index < -0.39 is 0 Å². The molecule has 1 aliphatic rings. The standard InChI is InChI=1S/C21H16N2OS/c24-19(17-10-12-22-13-11-17)14-21-23(15-16-6-2-1-3-7-16)18-8-4-5-9-20(18)25-21/h1-14H,15H2/b21-14+. The van der Waals surface area contributed by atoms with Gasteiger partial charge < -0.3 is 4.90 Å². The van der Waals surface area contributed by atoms with Crippen LogP contribution in [0.3, 0.4) is 0 Å². The van der Waals surface area contributed by atoms with Gasteiger partial charge in [-0.3, -0.25) is 9.78 Å². The molecule has 0 bridgehead atoms. The van der Waals surface area contributed by atoms with Crippen LogP contribution in [0.1, 0.15) is 15.9 Å². The lowest BCUT2D eigenvalue weighted by atomic mass is 10.1. The van der Waals surface area contributed by atoms with Crippen molar-refractivity contribution >= 4 is 23.2 Å². The summed E-state index contributed by atoms with van der Waals surface area (Å²) in [7, 11) is 0. The Morgan fingerprint density at radius 2 is 1.68 bits per heavy atom. The number of carbonyl (C=O) groups is 1. The molecule has 2 aromatic carbocycles. The maximum Gasteiger partial charge on any atom is 0.188 e. The molecule has 0 unspecified atom stereocenters. The lowest BCUT2D eigenvalue weighted by Crippen LogP contribution is -2.17. The third kappa shape index (κ3) is 3.35. The van der Waals surface area contributed by atoms with Gasteiger partial charge >= 0.3 is 0 Å². The zero-order valence-corrected chi connectivity index (χ0v) is 14.3. The lowest BCUT2D eigenvalue weighted by Gasteiger charge is -2.20. The van der Waals surface area contributed by atoms with E-state index in [0.29, 0.717) is 5.56 Å². The van der Waals surface area contributed by atoms with Crippen molar-refractivity contribution in [1.82, 2.24) is 4.98 Å². The van der Waals surface area contributed by atoms with Crippen LogP contribution in [0.15, 0.2) is 95.1 Å². The maximum absolute atomic E-state index is 12.6. The van der Waals surface area contributed by atoms with Crippen LogP contribution in [0.4, 0.5) is 5.69 Å². The van der Waals surface area contributed by atoms with E-state index in [1.54, 1.807) is 42.4 Å². The Labute approximate surface area is 151 Å². The molecule has 0 atom stereocenters. The number of thioether (sulfide) groups is 1. The van der Waals surface area contributed by atoms with Gasteiger partial charge in [0.2, 0.25) is 0 Å². The highest BCUT2D eigenvalue weighted by molar-refractivity contribution is 8.03. The van der Waals surface area contributed by atoms with Crippen LogP contribution in [-0.4, -0.2) is 10.8 Å². The minimum Gasteiger partial charge on any atom is -0.330 e. The summed E-state index contributed by atoms with van der Waals surface area (Å²) in [5.41, 5.74) is 3.01. The van der Waals surface area contributed by atoms with Gasteiger partial charge in [-0.25, -0.2) is 0 Å². The molecule has 0 amide bonds. The van der Waals surface area contributed by atoms with Crippen LogP contribution < -0.4 is 4.90 Å². The van der Waals surface area contributed by atoms with E-state index in [4.69, 9.17) is 0 Å². The summed E-state index contributed by atoms with van der Waals surface area (Å²) in [4.78, 5) is 20.0. The molecule has 0 radical (unpaired) electrons. The summed E-state index contributed by atoms with van der Waals surface area (Å²) in [6.45, 7) is 0.736. The number of allylic oxidation sites excluding steroid dienone is 1. The van der Waals surface area contributed by atoms with Crippen molar-refractivity contribution in [2.24, 2.45) is 0 Å². The zero-order valence-electron chi connectivity index (χ0n) is 13.5. The molecule has 0 N–H and O–H groups in total. The predicted molar refractivity (Wildman–Crippen MR) is 102 cm³/mol. The largest absolute Gasteiger partial charge is 0.330 e. The number of carbonyl (C=O) groups excluding carboxylic acids is 1. The number of ketones is 1. The molecule has 4 rings (SSSR count). The average Bonchev–Trinajstić information content (AvgIpc) is 3.00. The van der Waals surface area contributed by atoms with Crippen molar-refractivity contribution in [3.63, 3.8) is 0 Å². The van der Waals surface area contributed by atoms with Gasteiger partial charge in [-0.15, -0.1) is 0 Å². The van der Waals surface area contributed by atoms with Crippen molar-refractivity contribution in [1.29, 1.82) is 0 Å². The minimum atomic E-state index is -0.00392. The second kappa shape index (κ2) is 6.95. The molecule has 0 saturated carbocycles. The van der Waals surface area contributed by atoms with Crippen molar-refractivity contribution in [2.75, 3.05) is 4.90 Å². The number of rotatable bonds is 4. The smallest absolute Gasteiger partial charge is 0.188 e. The monoisotopic (exact) mass is 344 g/mol. The molecule has 3 aromatic rings. The van der Waals surface area contributed by atoms with Gasteiger partial charge in [-0.05, 0) is 29.8 Å². The van der Waals surface area contributed by atoms with Crippen molar-refractivity contribution in [3.05, 3.63) is 101 Å². The third-order valence-corrected chi connectivity index (χ3v) is 5.15. The normalized spacial score (nSPS) is 14.6. The third-order valence-electron chi connectivity index (χ3n) is 4.04. The van der Waals surface area contributed by atoms with Crippen LogP contribution >= 0.6 is 11.8 Å². The first-order valence-corrected chi connectivity index (χ1v) is 8.87. The van der Waals surface area contributed by atoms with Gasteiger partial charge in [0.25, 0.3) is 0 Å². The summed E-state index contributed by atoms with van der Waals surface area (Å²) in [5.74, 6) is -0.00392. The highest BCUT2D eigenvalue weighted by atomic mass is 32.2. The number of fused-ring (bicyclic) bond motifs is 1. The minimum absolute atomic E-state index is 0.00392. The molecule has 1 aromatic heterocycles. The van der Waals surface area contributed by atoms with E-state index in [-0.39, 0.29) is 5.78 Å². The van der Waals surface area contributed by atoms with Gasteiger partial charge in [0.1, 0.15) is 0 Å². The molecule has 4 heteroatoms. The molecule has 0 spiro atoms. The Bertz CT molecular complexity index is 923. The van der Waals surface area contributed by atoms with Crippen LogP contribution in [-0.2, 0) is 6.54 Å². The summed E-state index contributed by atoms with van der Waals surface area (Å²) >= 11 is 1.64. The topological polar surface area (TPSA) is 33.2 Å². The lowest BCUT2D eigenvalue weighted by molar-refractivity contribution is 0.104. The Balaban J connectivity index is 1.69. The first-order chi connectivity index (χ1) is 12.3. The number of para-hydroxylation sites is 1. The molecular weight excluding hydrogens is 328 g/mol. The summed E-state index contributed by atoms with van der Waals surface area (Å²) in [6.07, 6.45) is 5.01. The van der Waals surface area contributed by atoms with Gasteiger partial charge in [0.05, 0.1) is 10.7 Å². The molecule has 0 aliphatic carbocycles. The number of hydrogen-bond donors (Lipinski definition) is 0. The molecule has 1 aliphatic heterocycles. The van der Waals surface area contributed by atoms with E-state index in [0.717, 1.165) is 17.3 Å².